The van der Waals surface area contributed by atoms with Crippen LogP contribution in [0.2, 0.25) is 5.28 Å². The Morgan fingerprint density at radius 1 is 0.944 bits per heavy atom. The molecule has 0 radical (unpaired) electrons. The highest BCUT2D eigenvalue weighted by molar-refractivity contribution is 6.29. The van der Waals surface area contributed by atoms with Gasteiger partial charge in [0.1, 0.15) is 5.82 Å². The van der Waals surface area contributed by atoms with Crippen molar-refractivity contribution in [1.82, 2.24) is 9.97 Å². The van der Waals surface area contributed by atoms with E-state index >= 15 is 0 Å². The zero-order chi connectivity index (χ0) is 12.7. The normalized spacial score (nSPS) is 11.1. The van der Waals surface area contributed by atoms with Crippen LogP contribution >= 0.6 is 11.6 Å². The summed E-state index contributed by atoms with van der Waals surface area (Å²) in [6.07, 6.45) is 0. The molecule has 3 nitrogen and oxygen atoms in total. The summed E-state index contributed by atoms with van der Waals surface area (Å²) < 4.78 is 0. The zero-order valence-corrected chi connectivity index (χ0v) is 10.9. The van der Waals surface area contributed by atoms with E-state index in [-0.39, 0.29) is 5.28 Å². The van der Waals surface area contributed by atoms with E-state index in [1.165, 1.54) is 0 Å². The maximum atomic E-state index is 6.02. The van der Waals surface area contributed by atoms with Gasteiger partial charge >= 0.3 is 0 Å². The molecule has 0 saturated heterocycles. The van der Waals surface area contributed by atoms with Crippen LogP contribution in [-0.2, 0) is 0 Å². The fourth-order valence-corrected chi connectivity index (χ4v) is 2.33. The predicted molar refractivity (Wildman–Crippen MR) is 76.4 cm³/mol. The average molecular weight is 258 g/mol. The topological polar surface area (TPSA) is 29.0 Å². The van der Waals surface area contributed by atoms with Crippen LogP contribution in [0.3, 0.4) is 0 Å². The SMILES string of the molecule is CN(C)c1nc(Cl)nc2c1ccc1ccccc12. The van der Waals surface area contributed by atoms with Gasteiger partial charge in [0.25, 0.3) is 0 Å². The van der Waals surface area contributed by atoms with Crippen LogP contribution in [0.5, 0.6) is 0 Å². The van der Waals surface area contributed by atoms with Crippen LogP contribution in [0.4, 0.5) is 5.82 Å². The summed E-state index contributed by atoms with van der Waals surface area (Å²) in [5.41, 5.74) is 0.900. The highest BCUT2D eigenvalue weighted by Gasteiger charge is 2.10. The van der Waals surface area contributed by atoms with Crippen molar-refractivity contribution >= 4 is 39.1 Å². The van der Waals surface area contributed by atoms with Crippen molar-refractivity contribution in [2.75, 3.05) is 19.0 Å². The standard InChI is InChI=1S/C14H12ClN3/c1-18(2)13-11-8-7-9-5-3-4-6-10(9)12(11)16-14(15)17-13/h3-8H,1-2H3. The fraction of sp³-hybridized carbons (Fsp3) is 0.143. The van der Waals surface area contributed by atoms with E-state index in [1.807, 2.05) is 37.2 Å². The molecule has 4 heteroatoms. The van der Waals surface area contributed by atoms with Gasteiger partial charge < -0.3 is 4.90 Å². The molecule has 0 amide bonds. The minimum atomic E-state index is 0.280. The van der Waals surface area contributed by atoms with E-state index in [2.05, 4.69) is 28.2 Å². The molecule has 0 saturated carbocycles. The Morgan fingerprint density at radius 3 is 2.50 bits per heavy atom. The van der Waals surface area contributed by atoms with Crippen LogP contribution in [0.15, 0.2) is 36.4 Å². The van der Waals surface area contributed by atoms with E-state index in [0.717, 1.165) is 27.5 Å². The summed E-state index contributed by atoms with van der Waals surface area (Å²) in [5.74, 6) is 0.843. The molecule has 18 heavy (non-hydrogen) atoms. The number of halogens is 1. The first kappa shape index (κ1) is 11.2. The minimum Gasteiger partial charge on any atom is -0.362 e. The number of hydrogen-bond acceptors (Lipinski definition) is 3. The lowest BCUT2D eigenvalue weighted by Crippen LogP contribution is -2.11. The molecule has 1 heterocycles. The molecule has 0 atom stereocenters. The molecule has 0 fully saturated rings. The van der Waals surface area contributed by atoms with Crippen molar-refractivity contribution in [2.45, 2.75) is 0 Å². The number of fused-ring (bicyclic) bond motifs is 3. The van der Waals surface area contributed by atoms with Gasteiger partial charge in [0, 0.05) is 24.9 Å². The lowest BCUT2D eigenvalue weighted by atomic mass is 10.1. The van der Waals surface area contributed by atoms with E-state index in [9.17, 15) is 0 Å². The average Bonchev–Trinajstić information content (AvgIpc) is 2.37. The summed E-state index contributed by atoms with van der Waals surface area (Å²) in [6.45, 7) is 0. The number of hydrogen-bond donors (Lipinski definition) is 0. The summed E-state index contributed by atoms with van der Waals surface area (Å²) in [5, 5.41) is 3.55. The van der Waals surface area contributed by atoms with E-state index < -0.39 is 0 Å². The van der Waals surface area contributed by atoms with Gasteiger partial charge in [-0.2, -0.15) is 4.98 Å². The van der Waals surface area contributed by atoms with Gasteiger partial charge in [-0.3, -0.25) is 0 Å². The molecule has 0 aliphatic rings. The van der Waals surface area contributed by atoms with Gasteiger partial charge in [-0.1, -0.05) is 30.3 Å². The molecule has 0 aliphatic heterocycles. The molecular weight excluding hydrogens is 246 g/mol. The van der Waals surface area contributed by atoms with Crippen molar-refractivity contribution in [2.24, 2.45) is 0 Å². The second kappa shape index (κ2) is 4.10. The molecule has 2 aromatic carbocycles. The van der Waals surface area contributed by atoms with Gasteiger partial charge in [0.2, 0.25) is 5.28 Å². The maximum Gasteiger partial charge on any atom is 0.224 e. The van der Waals surface area contributed by atoms with Gasteiger partial charge in [-0.15, -0.1) is 0 Å². The minimum absolute atomic E-state index is 0.280. The summed E-state index contributed by atoms with van der Waals surface area (Å²) >= 11 is 6.02. The Balaban J connectivity index is 2.51. The Kier molecular flexibility index (Phi) is 2.56. The van der Waals surface area contributed by atoms with Crippen LogP contribution in [-0.4, -0.2) is 24.1 Å². The Labute approximate surface area is 110 Å². The fourth-order valence-electron chi connectivity index (χ4n) is 2.16. The Hall–Kier alpha value is -1.87. The largest absolute Gasteiger partial charge is 0.362 e. The summed E-state index contributed by atoms with van der Waals surface area (Å²) in [6, 6.07) is 12.3. The number of nitrogens with zero attached hydrogens (tertiary/aromatic N) is 3. The smallest absolute Gasteiger partial charge is 0.224 e. The number of anilines is 1. The third kappa shape index (κ3) is 1.68. The van der Waals surface area contributed by atoms with Crippen molar-refractivity contribution in [3.63, 3.8) is 0 Å². The lowest BCUT2D eigenvalue weighted by molar-refractivity contribution is 1.06. The lowest BCUT2D eigenvalue weighted by Gasteiger charge is -2.14. The second-order valence-electron chi connectivity index (χ2n) is 4.39. The van der Waals surface area contributed by atoms with E-state index in [1.54, 1.807) is 0 Å². The first-order valence-electron chi connectivity index (χ1n) is 5.69. The van der Waals surface area contributed by atoms with Gasteiger partial charge in [-0.25, -0.2) is 4.98 Å². The van der Waals surface area contributed by atoms with Crippen LogP contribution in [0.1, 0.15) is 0 Å². The number of aromatic nitrogens is 2. The molecule has 0 spiro atoms. The molecule has 3 rings (SSSR count). The maximum absolute atomic E-state index is 6.02. The molecule has 90 valence electrons. The van der Waals surface area contributed by atoms with Crippen LogP contribution < -0.4 is 4.90 Å². The number of rotatable bonds is 1. The van der Waals surface area contributed by atoms with Crippen LogP contribution in [0.25, 0.3) is 21.7 Å². The third-order valence-electron chi connectivity index (χ3n) is 2.97. The zero-order valence-electron chi connectivity index (χ0n) is 10.2. The Bertz CT molecular complexity index is 738. The highest BCUT2D eigenvalue weighted by atomic mass is 35.5. The van der Waals surface area contributed by atoms with Gasteiger partial charge in [0.15, 0.2) is 0 Å². The van der Waals surface area contributed by atoms with Crippen molar-refractivity contribution in [1.29, 1.82) is 0 Å². The molecule has 3 aromatic rings. The summed E-state index contributed by atoms with van der Waals surface area (Å²) in [7, 11) is 3.90. The quantitative estimate of drug-likeness (QED) is 0.494. The van der Waals surface area contributed by atoms with Crippen LogP contribution in [0, 0.1) is 0 Å². The van der Waals surface area contributed by atoms with Crippen molar-refractivity contribution in [3.05, 3.63) is 41.7 Å². The van der Waals surface area contributed by atoms with E-state index in [4.69, 9.17) is 11.6 Å². The molecule has 0 bridgehead atoms. The molecule has 1 aromatic heterocycles. The van der Waals surface area contributed by atoms with Crippen molar-refractivity contribution < 1.29 is 0 Å². The number of benzene rings is 2. The molecule has 0 unspecified atom stereocenters. The van der Waals surface area contributed by atoms with Gasteiger partial charge in [0.05, 0.1) is 5.52 Å². The molecule has 0 N–H and O–H groups in total. The third-order valence-corrected chi connectivity index (χ3v) is 3.14. The first-order valence-corrected chi connectivity index (χ1v) is 6.07. The second-order valence-corrected chi connectivity index (χ2v) is 4.73. The highest BCUT2D eigenvalue weighted by Crippen LogP contribution is 2.29. The first-order chi connectivity index (χ1) is 8.66. The Morgan fingerprint density at radius 2 is 1.72 bits per heavy atom. The molecule has 0 aliphatic carbocycles. The van der Waals surface area contributed by atoms with Gasteiger partial charge in [-0.05, 0) is 23.1 Å². The van der Waals surface area contributed by atoms with E-state index in [0.29, 0.717) is 0 Å². The monoisotopic (exact) mass is 257 g/mol. The summed E-state index contributed by atoms with van der Waals surface area (Å²) in [4.78, 5) is 10.6. The van der Waals surface area contributed by atoms with Crippen molar-refractivity contribution in [3.8, 4) is 0 Å². The predicted octanol–water partition coefficient (Wildman–Crippen LogP) is 3.50. The molecular formula is C14H12ClN3.